The van der Waals surface area contributed by atoms with Crippen molar-refractivity contribution < 1.29 is 15.0 Å². The van der Waals surface area contributed by atoms with Crippen molar-refractivity contribution >= 4 is 12.2 Å². The van der Waals surface area contributed by atoms with Crippen LogP contribution in [0.2, 0.25) is 0 Å². The van der Waals surface area contributed by atoms with Crippen LogP contribution in [-0.2, 0) is 0 Å². The van der Waals surface area contributed by atoms with Gasteiger partial charge >= 0.3 is 6.03 Å². The van der Waals surface area contributed by atoms with Gasteiger partial charge in [-0.05, 0) is 29.8 Å². The number of carbonyl (C=O) groups is 1. The monoisotopic (exact) mass is 266 g/mol. The Kier molecular flexibility index (Phi) is 6.34. The summed E-state index contributed by atoms with van der Waals surface area (Å²) < 4.78 is 0. The predicted molar refractivity (Wildman–Crippen MR) is 71.9 cm³/mol. The molecular formula is C12H18N4O3. The molecule has 0 aliphatic carbocycles. The Morgan fingerprint density at radius 3 is 2.63 bits per heavy atom. The summed E-state index contributed by atoms with van der Waals surface area (Å²) in [4.78, 5) is 11.2. The summed E-state index contributed by atoms with van der Waals surface area (Å²) in [7, 11) is 0. The molecule has 0 radical (unpaired) electrons. The summed E-state index contributed by atoms with van der Waals surface area (Å²) in [6, 6.07) is 5.74. The largest absolute Gasteiger partial charge is 0.508 e. The van der Waals surface area contributed by atoms with Crippen LogP contribution >= 0.6 is 0 Å². The number of carbonyl (C=O) groups excluding carboxylic acids is 1. The van der Waals surface area contributed by atoms with Crippen LogP contribution in [0.15, 0.2) is 29.4 Å². The zero-order valence-corrected chi connectivity index (χ0v) is 10.5. The maximum atomic E-state index is 11.2. The minimum absolute atomic E-state index is 0.0351. The molecule has 1 aromatic carbocycles. The standard InChI is InChI=1S/C12H18N4O3/c13-12(19)16(7-5-14-6-8-17)15-9-10-1-3-11(18)4-2-10/h1-4,9,14,17-18H,5-8H2,(H2,13,19)/b15-9-. The topological polar surface area (TPSA) is 111 Å². The van der Waals surface area contributed by atoms with Crippen molar-refractivity contribution in [3.05, 3.63) is 29.8 Å². The first-order valence-electron chi connectivity index (χ1n) is 5.85. The molecule has 104 valence electrons. The third-order valence-corrected chi connectivity index (χ3v) is 2.28. The molecule has 0 spiro atoms. The van der Waals surface area contributed by atoms with Gasteiger partial charge in [0.2, 0.25) is 0 Å². The lowest BCUT2D eigenvalue weighted by Crippen LogP contribution is -2.37. The summed E-state index contributed by atoms with van der Waals surface area (Å²) in [5.74, 6) is 0.164. The second-order valence-electron chi connectivity index (χ2n) is 3.77. The van der Waals surface area contributed by atoms with E-state index in [-0.39, 0.29) is 12.4 Å². The number of hydrogen-bond acceptors (Lipinski definition) is 5. The van der Waals surface area contributed by atoms with Crippen molar-refractivity contribution in [1.29, 1.82) is 0 Å². The highest BCUT2D eigenvalue weighted by molar-refractivity contribution is 5.81. The number of nitrogens with two attached hydrogens (primary N) is 1. The zero-order chi connectivity index (χ0) is 14.1. The molecule has 7 nitrogen and oxygen atoms in total. The van der Waals surface area contributed by atoms with Crippen LogP contribution in [0.4, 0.5) is 4.79 Å². The SMILES string of the molecule is NC(=O)N(CCNCCO)/N=C\c1ccc(O)cc1. The number of hydrogen-bond donors (Lipinski definition) is 4. The van der Waals surface area contributed by atoms with Crippen molar-refractivity contribution in [2.24, 2.45) is 10.8 Å². The number of rotatable bonds is 7. The van der Waals surface area contributed by atoms with Gasteiger partial charge in [0.15, 0.2) is 0 Å². The lowest BCUT2D eigenvalue weighted by molar-refractivity contribution is 0.209. The van der Waals surface area contributed by atoms with Gasteiger partial charge in [0.1, 0.15) is 5.75 Å². The Balaban J connectivity index is 2.52. The molecule has 5 N–H and O–H groups in total. The molecule has 0 aromatic heterocycles. The van der Waals surface area contributed by atoms with Crippen molar-refractivity contribution in [2.45, 2.75) is 0 Å². The summed E-state index contributed by atoms with van der Waals surface area (Å²) in [5.41, 5.74) is 5.94. The van der Waals surface area contributed by atoms with Gasteiger partial charge in [-0.1, -0.05) is 0 Å². The maximum Gasteiger partial charge on any atom is 0.335 e. The molecular weight excluding hydrogens is 248 g/mol. The normalized spacial score (nSPS) is 10.8. The smallest absolute Gasteiger partial charge is 0.335 e. The first-order valence-corrected chi connectivity index (χ1v) is 5.85. The molecule has 0 heterocycles. The Morgan fingerprint density at radius 1 is 1.37 bits per heavy atom. The number of urea groups is 1. The number of benzene rings is 1. The van der Waals surface area contributed by atoms with Crippen LogP contribution in [0.25, 0.3) is 0 Å². The second kappa shape index (κ2) is 8.06. The van der Waals surface area contributed by atoms with Gasteiger partial charge in [-0.25, -0.2) is 9.80 Å². The molecule has 0 aliphatic rings. The molecule has 2 amide bonds. The third kappa shape index (κ3) is 5.84. The quantitative estimate of drug-likeness (QED) is 0.308. The van der Waals surface area contributed by atoms with E-state index in [4.69, 9.17) is 15.9 Å². The molecule has 0 saturated heterocycles. The van der Waals surface area contributed by atoms with Gasteiger partial charge in [0.25, 0.3) is 0 Å². The fourth-order valence-corrected chi connectivity index (χ4v) is 1.31. The fourth-order valence-electron chi connectivity index (χ4n) is 1.31. The minimum Gasteiger partial charge on any atom is -0.508 e. The highest BCUT2D eigenvalue weighted by atomic mass is 16.3. The van der Waals surface area contributed by atoms with E-state index in [1.54, 1.807) is 12.1 Å². The van der Waals surface area contributed by atoms with E-state index in [0.717, 1.165) is 10.6 Å². The summed E-state index contributed by atoms with van der Waals surface area (Å²) in [5, 5.41) is 25.7. The number of nitrogens with zero attached hydrogens (tertiary/aromatic N) is 2. The van der Waals surface area contributed by atoms with Gasteiger partial charge in [-0.2, -0.15) is 5.10 Å². The van der Waals surface area contributed by atoms with Gasteiger partial charge in [-0.3, -0.25) is 0 Å². The van der Waals surface area contributed by atoms with Gasteiger partial charge in [0, 0.05) is 13.1 Å². The number of aliphatic hydroxyl groups is 1. The zero-order valence-electron chi connectivity index (χ0n) is 10.5. The molecule has 0 atom stereocenters. The number of amides is 2. The fraction of sp³-hybridized carbons (Fsp3) is 0.333. The molecule has 1 aromatic rings. The Bertz CT molecular complexity index is 419. The average Bonchev–Trinajstić information content (AvgIpc) is 2.39. The Morgan fingerprint density at radius 2 is 2.05 bits per heavy atom. The van der Waals surface area contributed by atoms with E-state index in [0.29, 0.717) is 19.6 Å². The van der Waals surface area contributed by atoms with E-state index in [1.807, 2.05) is 0 Å². The number of nitrogens with one attached hydrogen (secondary N) is 1. The van der Waals surface area contributed by atoms with Crippen molar-refractivity contribution in [1.82, 2.24) is 10.3 Å². The van der Waals surface area contributed by atoms with Gasteiger partial charge < -0.3 is 21.3 Å². The Hall–Kier alpha value is -2.12. The molecule has 1 rings (SSSR count). The lowest BCUT2D eigenvalue weighted by atomic mass is 10.2. The highest BCUT2D eigenvalue weighted by Crippen LogP contribution is 2.07. The van der Waals surface area contributed by atoms with Crippen molar-refractivity contribution in [3.63, 3.8) is 0 Å². The van der Waals surface area contributed by atoms with Crippen LogP contribution in [0, 0.1) is 0 Å². The molecule has 7 heteroatoms. The van der Waals surface area contributed by atoms with E-state index in [9.17, 15) is 4.79 Å². The number of phenolic OH excluding ortho intramolecular Hbond substituents is 1. The number of hydrazone groups is 1. The molecule has 19 heavy (non-hydrogen) atoms. The Labute approximate surface area is 111 Å². The van der Waals surface area contributed by atoms with Crippen LogP contribution < -0.4 is 11.1 Å². The second-order valence-corrected chi connectivity index (χ2v) is 3.77. The van der Waals surface area contributed by atoms with E-state index in [1.165, 1.54) is 18.3 Å². The number of aromatic hydroxyl groups is 1. The van der Waals surface area contributed by atoms with Crippen LogP contribution in [0.5, 0.6) is 5.75 Å². The highest BCUT2D eigenvalue weighted by Gasteiger charge is 2.06. The van der Waals surface area contributed by atoms with E-state index < -0.39 is 6.03 Å². The summed E-state index contributed by atoms with van der Waals surface area (Å²) in [6.45, 7) is 1.28. The number of aliphatic hydroxyl groups excluding tert-OH is 1. The number of phenols is 1. The van der Waals surface area contributed by atoms with Crippen LogP contribution in [-0.4, -0.2) is 53.7 Å². The lowest BCUT2D eigenvalue weighted by Gasteiger charge is -2.14. The van der Waals surface area contributed by atoms with E-state index >= 15 is 0 Å². The molecule has 0 bridgehead atoms. The van der Waals surface area contributed by atoms with Gasteiger partial charge in [0.05, 0.1) is 19.4 Å². The first kappa shape index (κ1) is 14.9. The van der Waals surface area contributed by atoms with Gasteiger partial charge in [-0.15, -0.1) is 0 Å². The van der Waals surface area contributed by atoms with Crippen molar-refractivity contribution in [3.8, 4) is 5.75 Å². The summed E-state index contributed by atoms with van der Waals surface area (Å²) >= 11 is 0. The number of primary amides is 1. The molecule has 0 aliphatic heterocycles. The molecule has 0 fully saturated rings. The van der Waals surface area contributed by atoms with Crippen LogP contribution in [0.3, 0.4) is 0 Å². The average molecular weight is 266 g/mol. The first-order chi connectivity index (χ1) is 9.13. The van der Waals surface area contributed by atoms with Crippen molar-refractivity contribution in [2.75, 3.05) is 26.2 Å². The van der Waals surface area contributed by atoms with Crippen LogP contribution in [0.1, 0.15) is 5.56 Å². The summed E-state index contributed by atoms with van der Waals surface area (Å²) in [6.07, 6.45) is 1.48. The predicted octanol–water partition coefficient (Wildman–Crippen LogP) is -0.311. The molecule has 0 saturated carbocycles. The maximum absolute atomic E-state index is 11.2. The van der Waals surface area contributed by atoms with E-state index in [2.05, 4.69) is 10.4 Å². The third-order valence-electron chi connectivity index (χ3n) is 2.28. The molecule has 0 unspecified atom stereocenters. The minimum atomic E-state index is -0.652.